The van der Waals surface area contributed by atoms with Gasteiger partial charge >= 0.3 is 0 Å². The number of amides is 2. The Kier molecular flexibility index (Phi) is 8.08. The second-order valence-corrected chi connectivity index (χ2v) is 8.65. The molecule has 0 heterocycles. The van der Waals surface area contributed by atoms with E-state index in [2.05, 4.69) is 5.32 Å². The summed E-state index contributed by atoms with van der Waals surface area (Å²) in [7, 11) is 0. The molecular weight excluding hydrogens is 415 g/mol. The van der Waals surface area contributed by atoms with Crippen LogP contribution in [0, 0.1) is 12.7 Å². The van der Waals surface area contributed by atoms with Gasteiger partial charge in [-0.3, -0.25) is 9.59 Å². The zero-order valence-electron chi connectivity index (χ0n) is 18.2. The molecule has 1 saturated carbocycles. The third-order valence-corrected chi connectivity index (χ3v) is 6.43. The molecule has 4 nitrogen and oxygen atoms in total. The Labute approximate surface area is 188 Å². The maximum atomic E-state index is 14.3. The van der Waals surface area contributed by atoms with Gasteiger partial charge in [0.05, 0.1) is 6.42 Å². The highest BCUT2D eigenvalue weighted by Crippen LogP contribution is 2.23. The van der Waals surface area contributed by atoms with Gasteiger partial charge in [-0.1, -0.05) is 61.7 Å². The van der Waals surface area contributed by atoms with Gasteiger partial charge in [-0.05, 0) is 49.4 Å². The van der Waals surface area contributed by atoms with Gasteiger partial charge in [-0.2, -0.15) is 0 Å². The van der Waals surface area contributed by atoms with Gasteiger partial charge in [0.15, 0.2) is 0 Å². The Bertz CT molecular complexity index is 907. The second kappa shape index (κ2) is 10.8. The molecule has 2 aromatic rings. The van der Waals surface area contributed by atoms with Gasteiger partial charge in [0.1, 0.15) is 11.9 Å². The minimum absolute atomic E-state index is 0.143. The number of aryl methyl sites for hydroxylation is 1. The predicted octanol–water partition coefficient (Wildman–Crippen LogP) is 5.20. The second-order valence-electron chi connectivity index (χ2n) is 8.24. The number of halogens is 2. The van der Waals surface area contributed by atoms with E-state index in [9.17, 15) is 14.0 Å². The number of hydrogen-bond acceptors (Lipinski definition) is 2. The number of carbonyl (C=O) groups is 2. The maximum Gasteiger partial charge on any atom is 0.243 e. The molecule has 0 saturated heterocycles. The fourth-order valence-corrected chi connectivity index (χ4v) is 4.44. The fraction of sp³-hybridized carbons (Fsp3) is 0.440. The van der Waals surface area contributed by atoms with Gasteiger partial charge in [-0.25, -0.2) is 4.39 Å². The van der Waals surface area contributed by atoms with E-state index >= 15 is 0 Å². The van der Waals surface area contributed by atoms with Crippen molar-refractivity contribution in [1.29, 1.82) is 0 Å². The molecule has 0 bridgehead atoms. The monoisotopic (exact) mass is 444 g/mol. The van der Waals surface area contributed by atoms with Crippen molar-refractivity contribution < 1.29 is 14.0 Å². The molecule has 0 radical (unpaired) electrons. The quantitative estimate of drug-likeness (QED) is 0.608. The minimum atomic E-state index is -0.627. The highest BCUT2D eigenvalue weighted by atomic mass is 35.5. The van der Waals surface area contributed by atoms with Crippen LogP contribution in [0.15, 0.2) is 42.5 Å². The first kappa shape index (κ1) is 23.3. The topological polar surface area (TPSA) is 49.4 Å². The molecule has 31 heavy (non-hydrogen) atoms. The van der Waals surface area contributed by atoms with Gasteiger partial charge < -0.3 is 10.2 Å². The van der Waals surface area contributed by atoms with E-state index in [1.165, 1.54) is 12.1 Å². The van der Waals surface area contributed by atoms with Crippen LogP contribution < -0.4 is 5.32 Å². The van der Waals surface area contributed by atoms with Crippen LogP contribution in [-0.4, -0.2) is 28.8 Å². The Balaban J connectivity index is 1.87. The Morgan fingerprint density at radius 1 is 1.16 bits per heavy atom. The van der Waals surface area contributed by atoms with Crippen LogP contribution in [0.1, 0.15) is 55.7 Å². The molecule has 1 aliphatic carbocycles. The standard InChI is InChI=1S/C25H30ClFN2O2/c1-3-23(25(31)28-19-11-6-7-12-19)29(16-18-10-5-4-9-17(18)2)24(30)15-20-21(26)13-8-14-22(20)27/h4-5,8-10,13-14,19,23H,3,6-7,11-12,15-16H2,1-2H3,(H,28,31)/t23-/m0/s1. The summed E-state index contributed by atoms with van der Waals surface area (Å²) in [6.07, 6.45) is 4.45. The maximum absolute atomic E-state index is 14.3. The van der Waals surface area contributed by atoms with Gasteiger partial charge in [0.2, 0.25) is 11.8 Å². The number of hydrogen-bond donors (Lipinski definition) is 1. The van der Waals surface area contributed by atoms with Crippen LogP contribution in [0.4, 0.5) is 4.39 Å². The van der Waals surface area contributed by atoms with Gasteiger partial charge in [0.25, 0.3) is 0 Å². The van der Waals surface area contributed by atoms with Crippen LogP contribution in [0.2, 0.25) is 5.02 Å². The van der Waals surface area contributed by atoms with Crippen molar-refractivity contribution in [1.82, 2.24) is 10.2 Å². The molecule has 6 heteroatoms. The molecule has 166 valence electrons. The molecule has 0 aliphatic heterocycles. The number of rotatable bonds is 8. The summed E-state index contributed by atoms with van der Waals surface area (Å²) in [6.45, 7) is 4.16. The van der Waals surface area contributed by atoms with E-state index in [4.69, 9.17) is 11.6 Å². The van der Waals surface area contributed by atoms with Crippen molar-refractivity contribution in [2.24, 2.45) is 0 Å². The van der Waals surface area contributed by atoms with Crippen molar-refractivity contribution in [3.63, 3.8) is 0 Å². The van der Waals surface area contributed by atoms with E-state index in [0.29, 0.717) is 6.42 Å². The van der Waals surface area contributed by atoms with Crippen LogP contribution >= 0.6 is 11.6 Å². The number of nitrogens with one attached hydrogen (secondary N) is 1. The Morgan fingerprint density at radius 2 is 1.87 bits per heavy atom. The van der Waals surface area contributed by atoms with Crippen LogP contribution in [0.5, 0.6) is 0 Å². The molecule has 0 aromatic heterocycles. The number of carbonyl (C=O) groups excluding carboxylic acids is 2. The lowest BCUT2D eigenvalue weighted by Crippen LogP contribution is -2.51. The molecule has 2 aromatic carbocycles. The molecule has 0 spiro atoms. The van der Waals surface area contributed by atoms with Crippen molar-refractivity contribution in [2.75, 3.05) is 0 Å². The molecule has 3 rings (SSSR count). The van der Waals surface area contributed by atoms with E-state index in [1.54, 1.807) is 11.0 Å². The lowest BCUT2D eigenvalue weighted by atomic mass is 10.0. The summed E-state index contributed by atoms with van der Waals surface area (Å²) in [6, 6.07) is 11.7. The summed E-state index contributed by atoms with van der Waals surface area (Å²) in [5.41, 5.74) is 2.16. The minimum Gasteiger partial charge on any atom is -0.352 e. The van der Waals surface area contributed by atoms with Crippen LogP contribution in [0.25, 0.3) is 0 Å². The average molecular weight is 445 g/mol. The average Bonchev–Trinajstić information content (AvgIpc) is 3.25. The van der Waals surface area contributed by atoms with E-state index < -0.39 is 11.9 Å². The van der Waals surface area contributed by atoms with E-state index in [1.807, 2.05) is 38.1 Å². The highest BCUT2D eigenvalue weighted by Gasteiger charge is 2.31. The molecule has 0 unspecified atom stereocenters. The van der Waals surface area contributed by atoms with Crippen molar-refractivity contribution in [3.8, 4) is 0 Å². The fourth-order valence-electron chi connectivity index (χ4n) is 4.21. The van der Waals surface area contributed by atoms with Crippen LogP contribution in [0.3, 0.4) is 0 Å². The molecule has 1 atom stereocenters. The molecule has 2 amide bonds. The first-order chi connectivity index (χ1) is 14.9. The largest absolute Gasteiger partial charge is 0.352 e. The Morgan fingerprint density at radius 3 is 2.52 bits per heavy atom. The predicted molar refractivity (Wildman–Crippen MR) is 121 cm³/mol. The van der Waals surface area contributed by atoms with E-state index in [-0.39, 0.29) is 41.4 Å². The zero-order chi connectivity index (χ0) is 22.4. The molecule has 1 fully saturated rings. The summed E-state index contributed by atoms with van der Waals surface area (Å²) < 4.78 is 14.3. The van der Waals surface area contributed by atoms with Crippen molar-refractivity contribution >= 4 is 23.4 Å². The zero-order valence-corrected chi connectivity index (χ0v) is 18.9. The summed E-state index contributed by atoms with van der Waals surface area (Å²) in [5, 5.41) is 3.33. The summed E-state index contributed by atoms with van der Waals surface area (Å²) in [4.78, 5) is 28.1. The molecule has 1 aliphatic rings. The SMILES string of the molecule is CC[C@@H](C(=O)NC1CCCC1)N(Cc1ccccc1C)C(=O)Cc1c(F)cccc1Cl. The molecular formula is C25H30ClFN2O2. The third-order valence-electron chi connectivity index (χ3n) is 6.08. The van der Waals surface area contributed by atoms with Gasteiger partial charge in [0, 0.05) is 23.2 Å². The Hall–Kier alpha value is -2.40. The smallest absolute Gasteiger partial charge is 0.243 e. The van der Waals surface area contributed by atoms with E-state index in [0.717, 1.165) is 36.8 Å². The highest BCUT2D eigenvalue weighted by molar-refractivity contribution is 6.31. The van der Waals surface area contributed by atoms with Gasteiger partial charge in [-0.15, -0.1) is 0 Å². The third kappa shape index (κ3) is 5.85. The lowest BCUT2D eigenvalue weighted by molar-refractivity contribution is -0.141. The summed E-state index contributed by atoms with van der Waals surface area (Å²) in [5.74, 6) is -0.972. The molecule has 1 N–H and O–H groups in total. The summed E-state index contributed by atoms with van der Waals surface area (Å²) >= 11 is 6.16. The number of benzene rings is 2. The lowest BCUT2D eigenvalue weighted by Gasteiger charge is -2.32. The van der Waals surface area contributed by atoms with Crippen molar-refractivity contribution in [2.45, 2.75) is 71.0 Å². The normalized spacial score (nSPS) is 15.0. The first-order valence-electron chi connectivity index (χ1n) is 11.0. The number of nitrogens with zero attached hydrogens (tertiary/aromatic N) is 1. The first-order valence-corrected chi connectivity index (χ1v) is 11.4. The van der Waals surface area contributed by atoms with Crippen molar-refractivity contribution in [3.05, 3.63) is 70.0 Å². The van der Waals surface area contributed by atoms with Crippen LogP contribution in [-0.2, 0) is 22.6 Å².